The van der Waals surface area contributed by atoms with Crippen LogP contribution in [0.5, 0.6) is 17.2 Å². The van der Waals surface area contributed by atoms with E-state index in [1.807, 2.05) is 80.6 Å². The van der Waals surface area contributed by atoms with E-state index in [9.17, 15) is 0 Å². The fraction of sp³-hybridized carbons (Fsp3) is 0.296. The van der Waals surface area contributed by atoms with Gasteiger partial charge in [-0.15, -0.1) is 5.56 Å². The minimum absolute atomic E-state index is 0. The molecule has 0 atom stereocenters. The third-order valence-electron chi connectivity index (χ3n) is 4.77. The molecule has 3 aromatic carbocycles. The number of carbonyl (C=O) groups is 1. The molecule has 0 radical (unpaired) electrons. The largest absolute Gasteiger partial charge is 1.00 e. The fourth-order valence-corrected chi connectivity index (χ4v) is 3.13. The zero-order valence-electron chi connectivity index (χ0n) is 19.9. The number of benzene rings is 3. The molecule has 0 bridgehead atoms. The number of nitrogens with one attached hydrogen (secondary N) is 1. The van der Waals surface area contributed by atoms with Crippen LogP contribution >= 0.6 is 0 Å². The molecule has 0 unspecified atom stereocenters. The van der Waals surface area contributed by atoms with Crippen LogP contribution in [0.2, 0.25) is 0 Å². The van der Waals surface area contributed by atoms with Crippen molar-refractivity contribution in [2.75, 3.05) is 20.4 Å². The van der Waals surface area contributed by atoms with Gasteiger partial charge in [-0.3, -0.25) is 0 Å². The molecule has 5 nitrogen and oxygen atoms in total. The van der Waals surface area contributed by atoms with Crippen LogP contribution < -0.4 is 70.9 Å². The number of hydrogen-bond acceptors (Lipinski definition) is 5. The summed E-state index contributed by atoms with van der Waals surface area (Å²) < 4.78 is 16.8. The second kappa shape index (κ2) is 17.8. The van der Waals surface area contributed by atoms with Gasteiger partial charge >= 0.3 is 51.4 Å². The smallest absolute Gasteiger partial charge is 0.501 e. The molecular formula is C27H32KNO4. The SMILES string of the molecule is C=O.CCCCCNC.[K+].[c-]1cccc(COc2ccc(-c3cccc4c3OCO4)cc2)c1. The minimum atomic E-state index is 0. The quantitative estimate of drug-likeness (QED) is 0.310. The van der Waals surface area contributed by atoms with Gasteiger partial charge in [0.2, 0.25) is 6.79 Å². The standard InChI is InChI=1S/C20H15O3.C6H15N.CH2O.K/c1-2-5-15(6-3-1)13-21-17-11-9-16(10-12-17)18-7-4-8-19-20(18)23-14-22-19;1-3-4-5-6-7-2;1-2;/h1-2,4-12H,13-14H2;7H,3-6H2,1-2H3;1H2;/q-1;;;+1. The Balaban J connectivity index is 0.000000472. The number of unbranched alkanes of at least 4 members (excludes halogenated alkanes) is 2. The van der Waals surface area contributed by atoms with Crippen molar-refractivity contribution < 1.29 is 70.4 Å². The number of hydrogen-bond donors (Lipinski definition) is 1. The van der Waals surface area contributed by atoms with E-state index in [-0.39, 0.29) is 58.2 Å². The zero-order valence-corrected chi connectivity index (χ0v) is 23.1. The number of fused-ring (bicyclic) bond motifs is 1. The Morgan fingerprint density at radius 2 is 1.82 bits per heavy atom. The molecule has 0 spiro atoms. The van der Waals surface area contributed by atoms with Crippen LogP contribution in [0.4, 0.5) is 0 Å². The monoisotopic (exact) mass is 473 g/mol. The molecule has 0 saturated carbocycles. The van der Waals surface area contributed by atoms with E-state index in [4.69, 9.17) is 19.0 Å². The van der Waals surface area contributed by atoms with Gasteiger partial charge in [-0.05, 0) is 43.8 Å². The van der Waals surface area contributed by atoms with E-state index in [0.29, 0.717) is 6.61 Å². The third-order valence-corrected chi connectivity index (χ3v) is 4.77. The van der Waals surface area contributed by atoms with Crippen molar-refractivity contribution in [3.8, 4) is 28.4 Å². The van der Waals surface area contributed by atoms with E-state index >= 15 is 0 Å². The van der Waals surface area contributed by atoms with Gasteiger partial charge in [0.05, 0.1) is 6.61 Å². The number of para-hydroxylation sites is 1. The molecule has 1 heterocycles. The summed E-state index contributed by atoms with van der Waals surface area (Å²) in [5.41, 5.74) is 3.21. The summed E-state index contributed by atoms with van der Waals surface area (Å²) in [6.45, 7) is 6.21. The van der Waals surface area contributed by atoms with E-state index in [1.165, 1.54) is 25.8 Å². The average molecular weight is 474 g/mol. The Morgan fingerprint density at radius 3 is 2.48 bits per heavy atom. The predicted octanol–water partition coefficient (Wildman–Crippen LogP) is 2.68. The van der Waals surface area contributed by atoms with Crippen LogP contribution in [-0.4, -0.2) is 27.2 Å². The number of ether oxygens (including phenoxy) is 3. The second-order valence-electron chi connectivity index (χ2n) is 7.07. The molecule has 0 aliphatic carbocycles. The first-order valence-corrected chi connectivity index (χ1v) is 10.8. The molecule has 6 heteroatoms. The maximum absolute atomic E-state index is 8.00. The second-order valence-corrected chi connectivity index (χ2v) is 7.07. The molecule has 0 aromatic heterocycles. The Kier molecular flexibility index (Phi) is 15.8. The molecule has 4 rings (SSSR count). The van der Waals surface area contributed by atoms with Gasteiger partial charge in [0, 0.05) is 5.56 Å². The van der Waals surface area contributed by atoms with Gasteiger partial charge in [-0.2, -0.15) is 30.3 Å². The number of carbonyl (C=O) groups excluding carboxylic acids is 1. The molecule has 0 saturated heterocycles. The van der Waals surface area contributed by atoms with Crippen LogP contribution in [0.3, 0.4) is 0 Å². The Hall–Kier alpha value is -1.67. The maximum atomic E-state index is 8.00. The van der Waals surface area contributed by atoms with E-state index in [0.717, 1.165) is 33.9 Å². The van der Waals surface area contributed by atoms with Gasteiger partial charge in [-0.1, -0.05) is 44.0 Å². The molecule has 3 aromatic rings. The average Bonchev–Trinajstić information content (AvgIpc) is 3.35. The third kappa shape index (κ3) is 10.0. The summed E-state index contributed by atoms with van der Waals surface area (Å²) in [4.78, 5) is 8.00. The van der Waals surface area contributed by atoms with Crippen molar-refractivity contribution in [2.24, 2.45) is 0 Å². The summed E-state index contributed by atoms with van der Waals surface area (Å²) in [6, 6.07) is 24.8. The molecule has 0 amide bonds. The van der Waals surface area contributed by atoms with Gasteiger partial charge < -0.3 is 24.3 Å². The minimum Gasteiger partial charge on any atom is -0.501 e. The predicted molar refractivity (Wildman–Crippen MR) is 128 cm³/mol. The van der Waals surface area contributed by atoms with E-state index < -0.39 is 0 Å². The normalized spacial score (nSPS) is 10.6. The molecule has 170 valence electrons. The molecular weight excluding hydrogens is 441 g/mol. The Bertz CT molecular complexity index is 900. The molecule has 1 aliphatic heterocycles. The molecule has 1 N–H and O–H groups in total. The molecule has 1 aliphatic rings. The first-order chi connectivity index (χ1) is 15.8. The van der Waals surface area contributed by atoms with Gasteiger partial charge in [0.1, 0.15) is 12.5 Å². The van der Waals surface area contributed by atoms with Crippen LogP contribution in [0, 0.1) is 6.07 Å². The van der Waals surface area contributed by atoms with Gasteiger partial charge in [0.15, 0.2) is 11.5 Å². The topological polar surface area (TPSA) is 56.8 Å². The summed E-state index contributed by atoms with van der Waals surface area (Å²) in [7, 11) is 2.00. The van der Waals surface area contributed by atoms with Crippen molar-refractivity contribution in [2.45, 2.75) is 32.8 Å². The van der Waals surface area contributed by atoms with Crippen molar-refractivity contribution >= 4 is 6.79 Å². The van der Waals surface area contributed by atoms with Crippen LogP contribution in [0.1, 0.15) is 31.7 Å². The summed E-state index contributed by atoms with van der Waals surface area (Å²) in [5, 5.41) is 3.10. The zero-order chi connectivity index (χ0) is 23.0. The van der Waals surface area contributed by atoms with Crippen molar-refractivity contribution in [1.29, 1.82) is 0 Å². The van der Waals surface area contributed by atoms with E-state index in [1.54, 1.807) is 0 Å². The van der Waals surface area contributed by atoms with Crippen molar-refractivity contribution in [3.63, 3.8) is 0 Å². The number of rotatable bonds is 8. The van der Waals surface area contributed by atoms with Gasteiger partial charge in [-0.25, -0.2) is 0 Å². The van der Waals surface area contributed by atoms with Crippen molar-refractivity contribution in [3.05, 3.63) is 78.4 Å². The van der Waals surface area contributed by atoms with E-state index in [2.05, 4.69) is 18.3 Å². The van der Waals surface area contributed by atoms with Crippen molar-refractivity contribution in [1.82, 2.24) is 5.32 Å². The first kappa shape index (κ1) is 29.4. The van der Waals surface area contributed by atoms with Crippen LogP contribution in [-0.2, 0) is 11.4 Å². The fourth-order valence-electron chi connectivity index (χ4n) is 3.13. The first-order valence-electron chi connectivity index (χ1n) is 10.8. The molecule has 0 fully saturated rings. The maximum Gasteiger partial charge on any atom is 1.00 e. The van der Waals surface area contributed by atoms with Crippen LogP contribution in [0.15, 0.2) is 66.7 Å². The Morgan fingerprint density at radius 1 is 1.03 bits per heavy atom. The Labute approximate surface area is 240 Å². The summed E-state index contributed by atoms with van der Waals surface area (Å²) in [5.74, 6) is 2.44. The van der Waals surface area contributed by atoms with Crippen LogP contribution in [0.25, 0.3) is 11.1 Å². The van der Waals surface area contributed by atoms with Gasteiger partial charge in [0.25, 0.3) is 0 Å². The molecule has 33 heavy (non-hydrogen) atoms. The summed E-state index contributed by atoms with van der Waals surface area (Å²) in [6.07, 6.45) is 4.01. The summed E-state index contributed by atoms with van der Waals surface area (Å²) >= 11 is 0.